The number of aromatic nitrogens is 2. The lowest BCUT2D eigenvalue weighted by Crippen LogP contribution is -2.02. The first-order valence-corrected chi connectivity index (χ1v) is 8.78. The van der Waals surface area contributed by atoms with E-state index in [9.17, 15) is 4.79 Å². The summed E-state index contributed by atoms with van der Waals surface area (Å²) in [5.41, 5.74) is 2.82. The molecule has 1 aromatic carbocycles. The van der Waals surface area contributed by atoms with Crippen molar-refractivity contribution in [3.63, 3.8) is 0 Å². The molecule has 1 N–H and O–H groups in total. The molecule has 0 spiro atoms. The largest absolute Gasteiger partial charge is 0.465 e. The zero-order valence-electron chi connectivity index (χ0n) is 13.7. The van der Waals surface area contributed by atoms with E-state index in [1.165, 1.54) is 30.4 Å². The average Bonchev–Trinajstić information content (AvgIpc) is 3.01. The number of rotatable bonds is 3. The molecule has 25 heavy (non-hydrogen) atoms. The van der Waals surface area contributed by atoms with Gasteiger partial charge in [-0.15, -0.1) is 23.7 Å². The summed E-state index contributed by atoms with van der Waals surface area (Å²) >= 11 is 1.78. The number of benzene rings is 1. The van der Waals surface area contributed by atoms with Gasteiger partial charge in [0, 0.05) is 10.6 Å². The minimum atomic E-state index is -0.335. The number of esters is 1. The topological polar surface area (TPSA) is 64.1 Å². The second-order valence-corrected chi connectivity index (χ2v) is 6.89. The Morgan fingerprint density at radius 3 is 2.68 bits per heavy atom. The van der Waals surface area contributed by atoms with E-state index in [4.69, 9.17) is 4.74 Å². The Bertz CT molecular complexity index is 909. The number of thiophene rings is 1. The van der Waals surface area contributed by atoms with E-state index >= 15 is 0 Å². The number of aryl methyl sites for hydroxylation is 2. The number of nitrogens with zero attached hydrogens (tertiary/aromatic N) is 2. The van der Waals surface area contributed by atoms with E-state index in [-0.39, 0.29) is 18.4 Å². The van der Waals surface area contributed by atoms with E-state index in [2.05, 4.69) is 15.3 Å². The molecule has 0 amide bonds. The van der Waals surface area contributed by atoms with E-state index in [0.29, 0.717) is 5.56 Å². The van der Waals surface area contributed by atoms with Crippen LogP contribution in [0.2, 0.25) is 0 Å². The summed E-state index contributed by atoms with van der Waals surface area (Å²) in [4.78, 5) is 22.9. The second-order valence-electron chi connectivity index (χ2n) is 5.81. The van der Waals surface area contributed by atoms with Gasteiger partial charge in [0.1, 0.15) is 17.0 Å². The first-order chi connectivity index (χ1) is 11.8. The van der Waals surface area contributed by atoms with Crippen LogP contribution in [0.25, 0.3) is 10.2 Å². The van der Waals surface area contributed by atoms with Crippen molar-refractivity contribution >= 4 is 51.4 Å². The third-order valence-corrected chi connectivity index (χ3v) is 5.52. The number of ether oxygens (including phenoxy) is 1. The molecule has 7 heteroatoms. The molecule has 5 nitrogen and oxygen atoms in total. The molecule has 0 saturated carbocycles. The molecule has 0 unspecified atom stereocenters. The maximum absolute atomic E-state index is 11.5. The highest BCUT2D eigenvalue weighted by molar-refractivity contribution is 7.19. The third kappa shape index (κ3) is 3.32. The van der Waals surface area contributed by atoms with Crippen LogP contribution in [0.1, 0.15) is 33.6 Å². The highest BCUT2D eigenvalue weighted by atomic mass is 35.5. The molecule has 4 rings (SSSR count). The van der Waals surface area contributed by atoms with Gasteiger partial charge in [-0.25, -0.2) is 14.8 Å². The van der Waals surface area contributed by atoms with Crippen LogP contribution >= 0.6 is 23.7 Å². The molecule has 0 aliphatic heterocycles. The molecule has 1 aliphatic carbocycles. The van der Waals surface area contributed by atoms with E-state index in [1.54, 1.807) is 29.8 Å². The number of carbonyl (C=O) groups is 1. The van der Waals surface area contributed by atoms with Gasteiger partial charge in [-0.05, 0) is 55.5 Å². The van der Waals surface area contributed by atoms with E-state index < -0.39 is 0 Å². The summed E-state index contributed by atoms with van der Waals surface area (Å²) in [6.45, 7) is 0. The fourth-order valence-electron chi connectivity index (χ4n) is 3.13. The van der Waals surface area contributed by atoms with E-state index in [1.807, 2.05) is 12.1 Å². The monoisotopic (exact) mass is 375 g/mol. The van der Waals surface area contributed by atoms with Crippen molar-refractivity contribution in [2.75, 3.05) is 12.4 Å². The third-order valence-electron chi connectivity index (χ3n) is 4.32. The van der Waals surface area contributed by atoms with Crippen LogP contribution in [0.5, 0.6) is 0 Å². The molecule has 0 atom stereocenters. The molecule has 0 saturated heterocycles. The predicted octanol–water partition coefficient (Wildman–Crippen LogP) is 4.52. The second kappa shape index (κ2) is 7.37. The molecular weight excluding hydrogens is 358 g/mol. The molecule has 3 aromatic rings. The Morgan fingerprint density at radius 2 is 1.92 bits per heavy atom. The number of hydrogen-bond acceptors (Lipinski definition) is 6. The minimum absolute atomic E-state index is 0. The number of carbonyl (C=O) groups excluding carboxylic acids is 1. The summed E-state index contributed by atoms with van der Waals surface area (Å²) in [5.74, 6) is 0.503. The summed E-state index contributed by atoms with van der Waals surface area (Å²) in [6.07, 6.45) is 6.32. The Kier molecular flexibility index (Phi) is 5.20. The Balaban J connectivity index is 0.00000182. The minimum Gasteiger partial charge on any atom is -0.465 e. The number of methoxy groups -OCH3 is 1. The smallest absolute Gasteiger partial charge is 0.337 e. The number of nitrogens with one attached hydrogen (secondary N) is 1. The summed E-state index contributed by atoms with van der Waals surface area (Å²) < 4.78 is 4.73. The normalized spacial score (nSPS) is 13.0. The fourth-order valence-corrected chi connectivity index (χ4v) is 4.36. The van der Waals surface area contributed by atoms with Crippen molar-refractivity contribution < 1.29 is 9.53 Å². The molecule has 1 aliphatic rings. The van der Waals surface area contributed by atoms with Gasteiger partial charge < -0.3 is 10.1 Å². The van der Waals surface area contributed by atoms with Gasteiger partial charge in [0.15, 0.2) is 0 Å². The highest BCUT2D eigenvalue weighted by Crippen LogP contribution is 2.38. The fraction of sp³-hybridized carbons (Fsp3) is 0.278. The molecular formula is C18H18ClN3O2S. The number of fused-ring (bicyclic) bond motifs is 3. The van der Waals surface area contributed by atoms with E-state index in [0.717, 1.165) is 34.6 Å². The lowest BCUT2D eigenvalue weighted by molar-refractivity contribution is 0.0601. The Hall–Kier alpha value is -2.18. The van der Waals surface area contributed by atoms with Crippen LogP contribution < -0.4 is 5.32 Å². The van der Waals surface area contributed by atoms with Crippen molar-refractivity contribution in [2.24, 2.45) is 0 Å². The Morgan fingerprint density at radius 1 is 1.16 bits per heavy atom. The summed E-state index contributed by atoms with van der Waals surface area (Å²) in [6, 6.07) is 7.21. The standard InChI is InChI=1S/C18H17N3O2S.ClH/c1-23-18(22)11-6-8-12(9-7-11)21-16-15-13-4-2-3-5-14(13)24-17(15)20-10-19-16;/h6-10H,2-5H2,1H3,(H,19,20,21);1H. The maximum Gasteiger partial charge on any atom is 0.337 e. The lowest BCUT2D eigenvalue weighted by Gasteiger charge is -2.12. The van der Waals surface area contributed by atoms with Crippen LogP contribution in [0.3, 0.4) is 0 Å². The van der Waals surface area contributed by atoms with Crippen LogP contribution in [-0.4, -0.2) is 23.0 Å². The number of anilines is 2. The molecule has 0 fully saturated rings. The van der Waals surface area contributed by atoms with Crippen molar-refractivity contribution in [2.45, 2.75) is 25.7 Å². The van der Waals surface area contributed by atoms with Crippen LogP contribution in [0.15, 0.2) is 30.6 Å². The SMILES string of the molecule is COC(=O)c1ccc(Nc2ncnc3sc4c(c23)CCCC4)cc1.Cl. The lowest BCUT2D eigenvalue weighted by atomic mass is 9.97. The van der Waals surface area contributed by atoms with Gasteiger partial charge in [-0.2, -0.15) is 0 Å². The number of hydrogen-bond donors (Lipinski definition) is 1. The maximum atomic E-state index is 11.5. The van der Waals surface area contributed by atoms with Crippen molar-refractivity contribution in [1.29, 1.82) is 0 Å². The molecule has 0 bridgehead atoms. The van der Waals surface area contributed by atoms with Crippen molar-refractivity contribution in [1.82, 2.24) is 9.97 Å². The summed E-state index contributed by atoms with van der Waals surface area (Å²) in [7, 11) is 1.38. The van der Waals surface area contributed by atoms with Gasteiger partial charge in [0.05, 0.1) is 18.1 Å². The quantitative estimate of drug-likeness (QED) is 0.682. The number of halogens is 1. The molecule has 0 radical (unpaired) electrons. The van der Waals surface area contributed by atoms with Crippen LogP contribution in [0, 0.1) is 0 Å². The van der Waals surface area contributed by atoms with Crippen LogP contribution in [-0.2, 0) is 17.6 Å². The summed E-state index contributed by atoms with van der Waals surface area (Å²) in [5, 5.41) is 4.52. The molecule has 2 heterocycles. The molecule has 2 aromatic heterocycles. The zero-order valence-corrected chi connectivity index (χ0v) is 15.4. The van der Waals surface area contributed by atoms with Crippen LogP contribution in [0.4, 0.5) is 11.5 Å². The predicted molar refractivity (Wildman–Crippen MR) is 102 cm³/mol. The van der Waals surface area contributed by atoms with Crippen molar-refractivity contribution in [3.8, 4) is 0 Å². The Labute approximate surface area is 155 Å². The highest BCUT2D eigenvalue weighted by Gasteiger charge is 2.19. The molecule has 130 valence electrons. The van der Waals surface area contributed by atoms with Gasteiger partial charge >= 0.3 is 5.97 Å². The first-order valence-electron chi connectivity index (χ1n) is 7.97. The average molecular weight is 376 g/mol. The van der Waals surface area contributed by atoms with Gasteiger partial charge in [0.25, 0.3) is 0 Å². The first kappa shape index (κ1) is 17.6. The van der Waals surface area contributed by atoms with Gasteiger partial charge in [0.2, 0.25) is 0 Å². The zero-order chi connectivity index (χ0) is 16.5. The van der Waals surface area contributed by atoms with Crippen molar-refractivity contribution in [3.05, 3.63) is 46.6 Å². The van der Waals surface area contributed by atoms with Gasteiger partial charge in [-0.1, -0.05) is 0 Å². The van der Waals surface area contributed by atoms with Gasteiger partial charge in [-0.3, -0.25) is 0 Å².